The molecule has 1 N–H and O–H groups in total. The van der Waals surface area contributed by atoms with Crippen molar-refractivity contribution in [3.8, 4) is 0 Å². The highest BCUT2D eigenvalue weighted by Gasteiger charge is 2.52. The first-order valence-corrected chi connectivity index (χ1v) is 10.4. The standard InChI is InChI=1S/C22H20ClFN6O/c1-2-18(31)30-11-10-29(12-22(30)8-9-22)17-7-6-16-20(28-17)21(26-13-25-16)27-15-5-3-4-14(23)19(15)24/h2-7,13H,1,8-12H2,(H,25,26,27). The van der Waals surface area contributed by atoms with Crippen LogP contribution in [0.3, 0.4) is 0 Å². The molecular weight excluding hydrogens is 419 g/mol. The number of hydrogen-bond acceptors (Lipinski definition) is 6. The van der Waals surface area contributed by atoms with Gasteiger partial charge in [0.25, 0.3) is 0 Å². The number of pyridine rings is 1. The van der Waals surface area contributed by atoms with E-state index in [1.54, 1.807) is 12.1 Å². The van der Waals surface area contributed by atoms with Gasteiger partial charge in [0, 0.05) is 19.6 Å². The Balaban J connectivity index is 1.47. The zero-order valence-corrected chi connectivity index (χ0v) is 17.4. The molecule has 1 aliphatic heterocycles. The van der Waals surface area contributed by atoms with Gasteiger partial charge in [-0.05, 0) is 43.2 Å². The molecule has 1 aromatic carbocycles. The first-order chi connectivity index (χ1) is 15.0. The summed E-state index contributed by atoms with van der Waals surface area (Å²) in [5, 5.41) is 3.02. The van der Waals surface area contributed by atoms with E-state index in [9.17, 15) is 9.18 Å². The monoisotopic (exact) mass is 438 g/mol. The van der Waals surface area contributed by atoms with E-state index in [0.717, 1.165) is 18.7 Å². The molecule has 2 aromatic heterocycles. The van der Waals surface area contributed by atoms with Crippen molar-refractivity contribution in [3.05, 3.63) is 60.2 Å². The van der Waals surface area contributed by atoms with Crippen LogP contribution in [-0.4, -0.2) is 50.9 Å². The van der Waals surface area contributed by atoms with Crippen LogP contribution in [0.15, 0.2) is 49.3 Å². The predicted molar refractivity (Wildman–Crippen MR) is 118 cm³/mol. The maximum absolute atomic E-state index is 14.4. The molecule has 1 saturated carbocycles. The van der Waals surface area contributed by atoms with Gasteiger partial charge in [-0.2, -0.15) is 0 Å². The lowest BCUT2D eigenvalue weighted by molar-refractivity contribution is -0.129. The minimum Gasteiger partial charge on any atom is -0.352 e. The second-order valence-corrected chi connectivity index (χ2v) is 8.23. The Morgan fingerprint density at radius 1 is 1.23 bits per heavy atom. The molecule has 7 nitrogen and oxygen atoms in total. The number of piperazine rings is 1. The Bertz CT molecular complexity index is 1200. The molecule has 9 heteroatoms. The Kier molecular flexibility index (Phi) is 4.74. The highest BCUT2D eigenvalue weighted by molar-refractivity contribution is 6.31. The molecule has 0 atom stereocenters. The van der Waals surface area contributed by atoms with Gasteiger partial charge >= 0.3 is 0 Å². The molecule has 0 radical (unpaired) electrons. The fraction of sp³-hybridized carbons (Fsp3) is 0.273. The quantitative estimate of drug-likeness (QED) is 0.622. The van der Waals surface area contributed by atoms with Crippen molar-refractivity contribution in [1.29, 1.82) is 0 Å². The molecule has 1 aliphatic carbocycles. The van der Waals surface area contributed by atoms with Crippen molar-refractivity contribution in [2.24, 2.45) is 0 Å². The van der Waals surface area contributed by atoms with Crippen LogP contribution in [0.5, 0.6) is 0 Å². The number of benzene rings is 1. The molecule has 1 amide bonds. The normalized spacial score (nSPS) is 17.1. The molecule has 1 spiro atoms. The van der Waals surface area contributed by atoms with Gasteiger partial charge in [-0.25, -0.2) is 19.3 Å². The van der Waals surface area contributed by atoms with Crippen LogP contribution in [0.2, 0.25) is 5.02 Å². The van der Waals surface area contributed by atoms with Crippen LogP contribution in [-0.2, 0) is 4.79 Å². The number of nitrogens with one attached hydrogen (secondary N) is 1. The molecule has 158 valence electrons. The Hall–Kier alpha value is -3.26. The van der Waals surface area contributed by atoms with Gasteiger partial charge in [0.05, 0.1) is 21.8 Å². The largest absolute Gasteiger partial charge is 0.352 e. The van der Waals surface area contributed by atoms with Crippen LogP contribution >= 0.6 is 11.6 Å². The summed E-state index contributed by atoms with van der Waals surface area (Å²) in [6.45, 7) is 5.62. The molecule has 3 heterocycles. The third kappa shape index (κ3) is 3.46. The van der Waals surface area contributed by atoms with Crippen molar-refractivity contribution >= 4 is 45.9 Å². The topological polar surface area (TPSA) is 74.2 Å². The van der Waals surface area contributed by atoms with Crippen LogP contribution in [0.1, 0.15) is 12.8 Å². The summed E-state index contributed by atoms with van der Waals surface area (Å²) in [5.74, 6) is 0.598. The van der Waals surface area contributed by atoms with Crippen LogP contribution in [0.4, 0.5) is 21.7 Å². The molecule has 0 bridgehead atoms. The molecule has 5 rings (SSSR count). The Labute approximate surface area is 183 Å². The lowest BCUT2D eigenvalue weighted by atomic mass is 10.1. The fourth-order valence-electron chi connectivity index (χ4n) is 4.12. The summed E-state index contributed by atoms with van der Waals surface area (Å²) < 4.78 is 14.4. The number of amides is 1. The van der Waals surface area contributed by atoms with E-state index in [0.29, 0.717) is 36.5 Å². The predicted octanol–water partition coefficient (Wildman–Crippen LogP) is 3.93. The van der Waals surface area contributed by atoms with Crippen LogP contribution in [0.25, 0.3) is 11.0 Å². The fourth-order valence-corrected chi connectivity index (χ4v) is 4.30. The third-order valence-electron chi connectivity index (χ3n) is 5.91. The number of anilines is 3. The summed E-state index contributed by atoms with van der Waals surface area (Å²) in [7, 11) is 0. The van der Waals surface area contributed by atoms with Crippen molar-refractivity contribution in [1.82, 2.24) is 19.9 Å². The van der Waals surface area contributed by atoms with E-state index in [2.05, 4.69) is 26.8 Å². The summed E-state index contributed by atoms with van der Waals surface area (Å²) in [6.07, 6.45) is 4.74. The van der Waals surface area contributed by atoms with Crippen molar-refractivity contribution in [2.75, 3.05) is 29.9 Å². The first kappa shape index (κ1) is 19.7. The molecule has 2 aliphatic rings. The van der Waals surface area contributed by atoms with Gasteiger partial charge in [0.1, 0.15) is 17.7 Å². The van der Waals surface area contributed by atoms with Crippen molar-refractivity contribution in [3.63, 3.8) is 0 Å². The Morgan fingerprint density at radius 2 is 2.06 bits per heavy atom. The number of fused-ring (bicyclic) bond motifs is 1. The van der Waals surface area contributed by atoms with Gasteiger partial charge in [0.15, 0.2) is 11.6 Å². The van der Waals surface area contributed by atoms with E-state index in [4.69, 9.17) is 16.6 Å². The number of halogens is 2. The first-order valence-electron chi connectivity index (χ1n) is 10.0. The average Bonchev–Trinajstić information content (AvgIpc) is 3.55. The zero-order chi connectivity index (χ0) is 21.6. The summed E-state index contributed by atoms with van der Waals surface area (Å²) in [6, 6.07) is 8.53. The van der Waals surface area contributed by atoms with Crippen LogP contribution in [0, 0.1) is 5.82 Å². The summed E-state index contributed by atoms with van der Waals surface area (Å²) in [5.41, 5.74) is 1.26. The number of rotatable bonds is 4. The maximum atomic E-state index is 14.4. The second-order valence-electron chi connectivity index (χ2n) is 7.83. The minimum atomic E-state index is -0.550. The number of hydrogen-bond donors (Lipinski definition) is 1. The number of carbonyl (C=O) groups excluding carboxylic acids is 1. The third-order valence-corrected chi connectivity index (χ3v) is 6.21. The Morgan fingerprint density at radius 3 is 2.84 bits per heavy atom. The van der Waals surface area contributed by atoms with Gasteiger partial charge in [0.2, 0.25) is 5.91 Å². The van der Waals surface area contributed by atoms with E-state index in [1.165, 1.54) is 18.5 Å². The van der Waals surface area contributed by atoms with Gasteiger partial charge in [-0.15, -0.1) is 0 Å². The van der Waals surface area contributed by atoms with E-state index in [1.807, 2.05) is 17.0 Å². The smallest absolute Gasteiger partial charge is 0.246 e. The van der Waals surface area contributed by atoms with Gasteiger partial charge < -0.3 is 15.1 Å². The van der Waals surface area contributed by atoms with Crippen LogP contribution < -0.4 is 10.2 Å². The number of nitrogens with zero attached hydrogens (tertiary/aromatic N) is 5. The minimum absolute atomic E-state index is 0.0212. The molecular formula is C22H20ClFN6O. The lowest BCUT2D eigenvalue weighted by Crippen LogP contribution is -2.57. The maximum Gasteiger partial charge on any atom is 0.246 e. The summed E-state index contributed by atoms with van der Waals surface area (Å²) >= 11 is 5.90. The van der Waals surface area contributed by atoms with E-state index >= 15 is 0 Å². The average molecular weight is 439 g/mol. The van der Waals surface area contributed by atoms with Crippen molar-refractivity contribution < 1.29 is 9.18 Å². The molecule has 1 saturated heterocycles. The van der Waals surface area contributed by atoms with Crippen molar-refractivity contribution in [2.45, 2.75) is 18.4 Å². The SMILES string of the molecule is C=CC(=O)N1CCN(c2ccc3ncnc(Nc4cccc(Cl)c4F)c3n2)CC12CC2. The number of aromatic nitrogens is 3. The highest BCUT2D eigenvalue weighted by Crippen LogP contribution is 2.45. The molecule has 0 unspecified atom stereocenters. The zero-order valence-electron chi connectivity index (χ0n) is 16.7. The number of carbonyl (C=O) groups is 1. The highest BCUT2D eigenvalue weighted by atomic mass is 35.5. The molecule has 2 fully saturated rings. The second kappa shape index (κ2) is 7.46. The lowest BCUT2D eigenvalue weighted by Gasteiger charge is -2.42. The summed E-state index contributed by atoms with van der Waals surface area (Å²) in [4.78, 5) is 29.7. The van der Waals surface area contributed by atoms with E-state index in [-0.39, 0.29) is 22.2 Å². The molecule has 31 heavy (non-hydrogen) atoms. The van der Waals surface area contributed by atoms with Gasteiger partial charge in [-0.3, -0.25) is 4.79 Å². The van der Waals surface area contributed by atoms with E-state index < -0.39 is 5.82 Å². The van der Waals surface area contributed by atoms with Gasteiger partial charge in [-0.1, -0.05) is 24.2 Å². The molecule has 3 aromatic rings.